The van der Waals surface area contributed by atoms with Crippen LogP contribution < -0.4 is 21.3 Å². The van der Waals surface area contributed by atoms with E-state index in [1.165, 1.54) is 12.1 Å². The van der Waals surface area contributed by atoms with Crippen molar-refractivity contribution >= 4 is 34.6 Å². The topological polar surface area (TPSA) is 90.7 Å². The molecule has 1 aliphatic rings. The van der Waals surface area contributed by atoms with Crippen molar-refractivity contribution in [2.75, 3.05) is 54.5 Å². The number of hydrogen-bond donors (Lipinski definition) is 3. The van der Waals surface area contributed by atoms with Gasteiger partial charge in [-0.3, -0.25) is 9.59 Å². The summed E-state index contributed by atoms with van der Waals surface area (Å²) in [4.78, 5) is 30.2. The Morgan fingerprint density at radius 1 is 0.892 bits per heavy atom. The summed E-state index contributed by atoms with van der Waals surface area (Å²) in [7, 11) is 2.07. The van der Waals surface area contributed by atoms with Gasteiger partial charge in [0.25, 0.3) is 11.8 Å². The summed E-state index contributed by atoms with van der Waals surface area (Å²) in [6.07, 6.45) is -4.55. The van der Waals surface area contributed by atoms with Crippen LogP contribution in [0, 0.1) is 6.92 Å². The Labute approximate surface area is 213 Å². The molecule has 37 heavy (non-hydrogen) atoms. The SMILES string of the molecule is Cc1ccc(NC(=O)c2cccc(C(F)(F)F)c2)cc1NC(=O)c1cc(N2CCN(C)CC2)ccc1N. The molecule has 2 amide bonds. The Kier molecular flexibility index (Phi) is 7.40. The number of likely N-dealkylation sites (N-methyl/N-ethyl adjacent to an activating group) is 1. The van der Waals surface area contributed by atoms with Gasteiger partial charge in [-0.25, -0.2) is 0 Å². The molecule has 1 heterocycles. The first-order valence-corrected chi connectivity index (χ1v) is 11.7. The summed E-state index contributed by atoms with van der Waals surface area (Å²) in [6.45, 7) is 5.31. The molecular formula is C27H28F3N5O2. The van der Waals surface area contributed by atoms with Crippen molar-refractivity contribution in [1.29, 1.82) is 0 Å². The maximum absolute atomic E-state index is 13.1. The van der Waals surface area contributed by atoms with Gasteiger partial charge in [-0.05, 0) is 68.1 Å². The second-order valence-corrected chi connectivity index (χ2v) is 9.08. The van der Waals surface area contributed by atoms with Crippen LogP contribution >= 0.6 is 0 Å². The number of amides is 2. The van der Waals surface area contributed by atoms with Gasteiger partial charge in [-0.15, -0.1) is 0 Å². The molecule has 0 atom stereocenters. The highest BCUT2D eigenvalue weighted by atomic mass is 19.4. The van der Waals surface area contributed by atoms with Crippen LogP contribution in [0.5, 0.6) is 0 Å². The Morgan fingerprint density at radius 2 is 1.62 bits per heavy atom. The summed E-state index contributed by atoms with van der Waals surface area (Å²) in [5, 5.41) is 5.43. The van der Waals surface area contributed by atoms with Crippen LogP contribution in [0.1, 0.15) is 31.8 Å². The van der Waals surface area contributed by atoms with E-state index in [9.17, 15) is 22.8 Å². The zero-order chi connectivity index (χ0) is 26.7. The highest BCUT2D eigenvalue weighted by Crippen LogP contribution is 2.30. The number of hydrogen-bond acceptors (Lipinski definition) is 5. The molecule has 0 aromatic heterocycles. The highest BCUT2D eigenvalue weighted by molar-refractivity contribution is 6.09. The lowest BCUT2D eigenvalue weighted by atomic mass is 10.1. The van der Waals surface area contributed by atoms with E-state index in [2.05, 4.69) is 27.5 Å². The smallest absolute Gasteiger partial charge is 0.398 e. The molecule has 1 fully saturated rings. The number of piperazine rings is 1. The first kappa shape index (κ1) is 26.0. The maximum atomic E-state index is 13.1. The third-order valence-electron chi connectivity index (χ3n) is 6.35. The number of rotatable bonds is 5. The van der Waals surface area contributed by atoms with Gasteiger partial charge in [0.05, 0.1) is 11.1 Å². The molecule has 1 aliphatic heterocycles. The number of alkyl halides is 3. The third-order valence-corrected chi connectivity index (χ3v) is 6.35. The molecule has 10 heteroatoms. The molecule has 3 aromatic rings. The zero-order valence-corrected chi connectivity index (χ0v) is 20.5. The maximum Gasteiger partial charge on any atom is 0.416 e. The number of carbonyl (C=O) groups is 2. The normalized spacial score (nSPS) is 14.4. The van der Waals surface area contributed by atoms with Crippen molar-refractivity contribution in [2.24, 2.45) is 0 Å². The van der Waals surface area contributed by atoms with Gasteiger partial charge in [-0.2, -0.15) is 13.2 Å². The summed E-state index contributed by atoms with van der Waals surface area (Å²) in [5.41, 5.74) is 8.14. The standard InChI is InChI=1S/C27H28F3N5O2/c1-17-6-7-20(32-25(36)18-4-3-5-19(14-18)27(28,29)30)15-24(17)33-26(37)22-16-21(8-9-23(22)31)35-12-10-34(2)11-13-35/h3-9,14-16H,10-13,31H2,1-2H3,(H,32,36)(H,33,37). The molecule has 4 N–H and O–H groups in total. The summed E-state index contributed by atoms with van der Waals surface area (Å²) < 4.78 is 39.0. The quantitative estimate of drug-likeness (QED) is 0.426. The van der Waals surface area contributed by atoms with Gasteiger partial charge in [0.2, 0.25) is 0 Å². The van der Waals surface area contributed by atoms with Crippen molar-refractivity contribution < 1.29 is 22.8 Å². The molecule has 7 nitrogen and oxygen atoms in total. The predicted octanol–water partition coefficient (Wildman–Crippen LogP) is 4.85. The fraction of sp³-hybridized carbons (Fsp3) is 0.259. The molecular weight excluding hydrogens is 483 g/mol. The number of benzene rings is 3. The van der Waals surface area contributed by atoms with Crippen LogP contribution in [0.15, 0.2) is 60.7 Å². The van der Waals surface area contributed by atoms with E-state index in [0.29, 0.717) is 22.6 Å². The van der Waals surface area contributed by atoms with Crippen LogP contribution in [0.2, 0.25) is 0 Å². The van der Waals surface area contributed by atoms with Crippen molar-refractivity contribution in [3.63, 3.8) is 0 Å². The van der Waals surface area contributed by atoms with Crippen LogP contribution in [0.4, 0.5) is 35.9 Å². The lowest BCUT2D eigenvalue weighted by molar-refractivity contribution is -0.137. The fourth-order valence-electron chi connectivity index (χ4n) is 4.07. The van der Waals surface area contributed by atoms with E-state index in [-0.39, 0.29) is 5.56 Å². The number of anilines is 4. The second kappa shape index (κ2) is 10.5. The number of nitrogens with one attached hydrogen (secondary N) is 2. The molecule has 194 valence electrons. The van der Waals surface area contributed by atoms with Crippen molar-refractivity contribution in [2.45, 2.75) is 13.1 Å². The summed E-state index contributed by atoms with van der Waals surface area (Å²) >= 11 is 0. The van der Waals surface area contributed by atoms with Crippen molar-refractivity contribution in [3.8, 4) is 0 Å². The van der Waals surface area contributed by atoms with Gasteiger partial charge in [-0.1, -0.05) is 12.1 Å². The van der Waals surface area contributed by atoms with E-state index in [1.807, 2.05) is 6.07 Å². The van der Waals surface area contributed by atoms with Crippen LogP contribution in [0.3, 0.4) is 0 Å². The lowest BCUT2D eigenvalue weighted by Gasteiger charge is -2.34. The molecule has 4 rings (SSSR count). The van der Waals surface area contributed by atoms with Gasteiger partial charge >= 0.3 is 6.18 Å². The lowest BCUT2D eigenvalue weighted by Crippen LogP contribution is -2.44. The minimum absolute atomic E-state index is 0.130. The molecule has 0 spiro atoms. The van der Waals surface area contributed by atoms with Gasteiger partial charge in [0.1, 0.15) is 0 Å². The summed E-state index contributed by atoms with van der Waals surface area (Å²) in [6, 6.07) is 14.4. The molecule has 0 radical (unpaired) electrons. The number of carbonyl (C=O) groups excluding carboxylic acids is 2. The fourth-order valence-corrected chi connectivity index (χ4v) is 4.07. The molecule has 0 saturated carbocycles. The number of aryl methyl sites for hydroxylation is 1. The first-order valence-electron chi connectivity index (χ1n) is 11.7. The monoisotopic (exact) mass is 511 g/mol. The molecule has 0 bridgehead atoms. The van der Waals surface area contributed by atoms with Crippen LogP contribution in [0.25, 0.3) is 0 Å². The Hall–Kier alpha value is -4.05. The molecule has 0 aliphatic carbocycles. The molecule has 3 aromatic carbocycles. The minimum atomic E-state index is -4.55. The average Bonchev–Trinajstić information content (AvgIpc) is 2.86. The van der Waals surface area contributed by atoms with Crippen molar-refractivity contribution in [1.82, 2.24) is 4.90 Å². The van der Waals surface area contributed by atoms with E-state index >= 15 is 0 Å². The van der Waals surface area contributed by atoms with Crippen molar-refractivity contribution in [3.05, 3.63) is 82.9 Å². The number of nitrogens with zero attached hydrogens (tertiary/aromatic N) is 2. The van der Waals surface area contributed by atoms with E-state index < -0.39 is 23.6 Å². The molecule has 1 saturated heterocycles. The van der Waals surface area contributed by atoms with E-state index in [0.717, 1.165) is 49.6 Å². The van der Waals surface area contributed by atoms with Gasteiger partial charge < -0.3 is 26.2 Å². The zero-order valence-electron chi connectivity index (χ0n) is 20.5. The van der Waals surface area contributed by atoms with Gasteiger partial charge in [0.15, 0.2) is 0 Å². The van der Waals surface area contributed by atoms with Crippen LogP contribution in [-0.2, 0) is 6.18 Å². The van der Waals surface area contributed by atoms with E-state index in [4.69, 9.17) is 5.73 Å². The Bertz CT molecular complexity index is 1320. The Balaban J connectivity index is 1.50. The largest absolute Gasteiger partial charge is 0.416 e. The minimum Gasteiger partial charge on any atom is -0.398 e. The second-order valence-electron chi connectivity index (χ2n) is 9.08. The van der Waals surface area contributed by atoms with Gasteiger partial charge in [0, 0.05) is 54.5 Å². The first-order chi connectivity index (χ1) is 17.5. The third kappa shape index (κ3) is 6.21. The highest BCUT2D eigenvalue weighted by Gasteiger charge is 2.31. The average molecular weight is 512 g/mol. The predicted molar refractivity (Wildman–Crippen MR) is 139 cm³/mol. The summed E-state index contributed by atoms with van der Waals surface area (Å²) in [5.74, 6) is -1.10. The Morgan fingerprint density at radius 3 is 2.32 bits per heavy atom. The number of nitrogen functional groups attached to an aromatic ring is 1. The van der Waals surface area contributed by atoms with E-state index in [1.54, 1.807) is 37.3 Å². The molecule has 0 unspecified atom stereocenters. The number of nitrogens with two attached hydrogens (primary N) is 1. The van der Waals surface area contributed by atoms with Crippen LogP contribution in [-0.4, -0.2) is 49.9 Å². The number of halogens is 3.